The average Bonchev–Trinajstić information content (AvgIpc) is 3.34. The summed E-state index contributed by atoms with van der Waals surface area (Å²) in [5.74, 6) is 0.832. The second kappa shape index (κ2) is 12.1. The molecule has 2 aliphatic rings. The topological polar surface area (TPSA) is 56.8 Å². The van der Waals surface area contributed by atoms with Crippen molar-refractivity contribution in [3.63, 3.8) is 0 Å². The molecule has 4 rings (SSSR count). The number of pyridine rings is 1. The number of para-hydroxylation sites is 1. The number of carbonyl (C=O) groups is 2. The second-order valence-corrected chi connectivity index (χ2v) is 9.81. The van der Waals surface area contributed by atoms with Crippen LogP contribution in [0.5, 0.6) is 0 Å². The number of benzene rings is 1. The fourth-order valence-electron chi connectivity index (χ4n) is 5.40. The minimum absolute atomic E-state index is 0.0483. The zero-order valence-electron chi connectivity index (χ0n) is 20.5. The van der Waals surface area contributed by atoms with Gasteiger partial charge >= 0.3 is 0 Å². The van der Waals surface area contributed by atoms with Crippen molar-refractivity contribution in [1.29, 1.82) is 0 Å². The Labute approximate surface area is 204 Å². The predicted molar refractivity (Wildman–Crippen MR) is 135 cm³/mol. The van der Waals surface area contributed by atoms with Gasteiger partial charge in [-0.25, -0.2) is 0 Å². The van der Waals surface area contributed by atoms with Crippen LogP contribution in [0.25, 0.3) is 0 Å². The third-order valence-electron chi connectivity index (χ3n) is 7.20. The molecule has 1 fully saturated rings. The quantitative estimate of drug-likeness (QED) is 0.664. The Morgan fingerprint density at radius 2 is 1.71 bits per heavy atom. The number of anilines is 1. The lowest BCUT2D eigenvalue weighted by molar-refractivity contribution is -0.133. The van der Waals surface area contributed by atoms with Gasteiger partial charge in [0.2, 0.25) is 11.8 Å². The van der Waals surface area contributed by atoms with E-state index in [4.69, 9.17) is 0 Å². The summed E-state index contributed by atoms with van der Waals surface area (Å²) in [7, 11) is 0. The van der Waals surface area contributed by atoms with Crippen LogP contribution in [0, 0.1) is 5.92 Å². The molecule has 0 unspecified atom stereocenters. The summed E-state index contributed by atoms with van der Waals surface area (Å²) < 4.78 is 0. The molecule has 1 aromatic heterocycles. The number of amides is 2. The van der Waals surface area contributed by atoms with E-state index in [2.05, 4.69) is 22.0 Å². The Bertz CT molecular complexity index is 942. The van der Waals surface area contributed by atoms with E-state index in [0.29, 0.717) is 25.4 Å². The van der Waals surface area contributed by atoms with Crippen molar-refractivity contribution in [2.45, 2.75) is 65.0 Å². The molecule has 0 saturated heterocycles. The summed E-state index contributed by atoms with van der Waals surface area (Å²) in [4.78, 5) is 36.6. The van der Waals surface area contributed by atoms with Gasteiger partial charge in [0.15, 0.2) is 0 Å². The number of rotatable bonds is 4. The van der Waals surface area contributed by atoms with Crippen LogP contribution >= 0.6 is 0 Å². The molecule has 2 aromatic rings. The van der Waals surface area contributed by atoms with Gasteiger partial charge in [-0.3, -0.25) is 19.5 Å². The molecule has 6 heteroatoms. The van der Waals surface area contributed by atoms with Crippen molar-refractivity contribution in [3.8, 4) is 0 Å². The number of nitrogens with zero attached hydrogens (tertiary/aromatic N) is 4. The molecule has 1 aliphatic carbocycles. The van der Waals surface area contributed by atoms with Crippen LogP contribution in [0.4, 0.5) is 5.69 Å². The fourth-order valence-corrected chi connectivity index (χ4v) is 5.40. The van der Waals surface area contributed by atoms with E-state index in [-0.39, 0.29) is 11.8 Å². The Morgan fingerprint density at radius 1 is 0.941 bits per heavy atom. The number of fused-ring (bicyclic) bond motifs is 1. The molecule has 34 heavy (non-hydrogen) atoms. The second-order valence-electron chi connectivity index (χ2n) is 9.81. The minimum Gasteiger partial charge on any atom is -0.338 e. The van der Waals surface area contributed by atoms with Crippen LogP contribution < -0.4 is 4.90 Å². The summed E-state index contributed by atoms with van der Waals surface area (Å²) in [5, 5.41) is 0. The minimum atomic E-state index is 0.0483. The van der Waals surface area contributed by atoms with Crippen molar-refractivity contribution in [2.24, 2.45) is 5.92 Å². The summed E-state index contributed by atoms with van der Waals surface area (Å²) in [5.41, 5.74) is 3.19. The van der Waals surface area contributed by atoms with Crippen LogP contribution in [0.1, 0.15) is 63.0 Å². The Kier molecular flexibility index (Phi) is 8.69. The molecule has 0 radical (unpaired) electrons. The highest BCUT2D eigenvalue weighted by atomic mass is 16.2. The average molecular weight is 463 g/mol. The van der Waals surface area contributed by atoms with Gasteiger partial charge in [0.1, 0.15) is 0 Å². The van der Waals surface area contributed by atoms with Gasteiger partial charge in [-0.05, 0) is 54.9 Å². The molecule has 2 amide bonds. The molecule has 6 nitrogen and oxygen atoms in total. The lowest BCUT2D eigenvalue weighted by Gasteiger charge is -2.31. The summed E-state index contributed by atoms with van der Waals surface area (Å²) in [6.45, 7) is 6.27. The first-order valence-corrected chi connectivity index (χ1v) is 12.8. The fraction of sp³-hybridized carbons (Fsp3) is 0.536. The van der Waals surface area contributed by atoms with E-state index < -0.39 is 0 Å². The molecule has 2 heterocycles. The Hall–Kier alpha value is -2.73. The highest BCUT2D eigenvalue weighted by molar-refractivity contribution is 5.92. The van der Waals surface area contributed by atoms with Gasteiger partial charge in [-0.15, -0.1) is 0 Å². The first-order chi connectivity index (χ1) is 16.6. The van der Waals surface area contributed by atoms with Crippen LogP contribution in [0.15, 0.2) is 48.8 Å². The van der Waals surface area contributed by atoms with Crippen molar-refractivity contribution < 1.29 is 9.59 Å². The maximum absolute atomic E-state index is 13.4. The number of hydrogen-bond acceptors (Lipinski definition) is 4. The highest BCUT2D eigenvalue weighted by Gasteiger charge is 2.24. The van der Waals surface area contributed by atoms with Crippen molar-refractivity contribution in [2.75, 3.05) is 31.1 Å². The smallest absolute Gasteiger partial charge is 0.223 e. The molecule has 182 valence electrons. The molecule has 0 N–H and O–H groups in total. The van der Waals surface area contributed by atoms with Gasteiger partial charge in [0.05, 0.1) is 0 Å². The lowest BCUT2D eigenvalue weighted by atomic mass is 10.0. The lowest BCUT2D eigenvalue weighted by Crippen LogP contribution is -2.38. The van der Waals surface area contributed by atoms with E-state index in [0.717, 1.165) is 50.3 Å². The maximum Gasteiger partial charge on any atom is 0.223 e. The summed E-state index contributed by atoms with van der Waals surface area (Å²) >= 11 is 0. The van der Waals surface area contributed by atoms with Crippen LogP contribution in [-0.4, -0.2) is 52.8 Å². The largest absolute Gasteiger partial charge is 0.338 e. The van der Waals surface area contributed by atoms with Crippen molar-refractivity contribution >= 4 is 17.5 Å². The first kappa shape index (κ1) is 24.4. The molecule has 1 aromatic carbocycles. The molecule has 1 aliphatic heterocycles. The first-order valence-electron chi connectivity index (χ1n) is 12.8. The standard InChI is InChI=1S/C28H38N4O2/c1-23(33)32-18-8-16-30(21-25-11-6-14-29-20-25)15-7-17-31(22-26-12-4-5-13-27(26)32)28(34)19-24-9-2-3-10-24/h4-6,11-14,20,24H,2-3,7-10,15-19,21-22H2,1H3. The van der Waals surface area contributed by atoms with E-state index >= 15 is 0 Å². The van der Waals surface area contributed by atoms with Crippen molar-refractivity contribution in [3.05, 3.63) is 59.9 Å². The van der Waals surface area contributed by atoms with Crippen LogP contribution in [0.2, 0.25) is 0 Å². The van der Waals surface area contributed by atoms with Crippen LogP contribution in [-0.2, 0) is 22.7 Å². The molecule has 0 atom stereocenters. The summed E-state index contributed by atoms with van der Waals surface area (Å²) in [6.07, 6.45) is 11.1. The van der Waals surface area contributed by atoms with Gasteiger partial charge in [0, 0.05) is 70.7 Å². The van der Waals surface area contributed by atoms with Gasteiger partial charge < -0.3 is 9.80 Å². The molecular formula is C28H38N4O2. The SMILES string of the molecule is CC(=O)N1CCCN(Cc2cccnc2)CCCN(C(=O)CC2CCCC2)Cc2ccccc21. The van der Waals surface area contributed by atoms with Crippen LogP contribution in [0.3, 0.4) is 0 Å². The zero-order valence-corrected chi connectivity index (χ0v) is 20.5. The van der Waals surface area contributed by atoms with Gasteiger partial charge in [-0.1, -0.05) is 37.1 Å². The normalized spacial score (nSPS) is 18.7. The third kappa shape index (κ3) is 6.66. The van der Waals surface area contributed by atoms with E-state index in [1.54, 1.807) is 13.1 Å². The van der Waals surface area contributed by atoms with E-state index in [1.807, 2.05) is 40.3 Å². The maximum atomic E-state index is 13.4. The summed E-state index contributed by atoms with van der Waals surface area (Å²) in [6, 6.07) is 12.2. The molecular weight excluding hydrogens is 424 g/mol. The zero-order chi connectivity index (χ0) is 23.8. The van der Waals surface area contributed by atoms with Gasteiger partial charge in [-0.2, -0.15) is 0 Å². The molecule has 0 bridgehead atoms. The third-order valence-corrected chi connectivity index (χ3v) is 7.20. The Morgan fingerprint density at radius 3 is 2.44 bits per heavy atom. The van der Waals surface area contributed by atoms with E-state index in [9.17, 15) is 9.59 Å². The van der Waals surface area contributed by atoms with E-state index in [1.165, 1.54) is 31.2 Å². The number of hydrogen-bond donors (Lipinski definition) is 0. The van der Waals surface area contributed by atoms with Gasteiger partial charge in [0.25, 0.3) is 0 Å². The number of carbonyl (C=O) groups excluding carboxylic acids is 2. The highest BCUT2D eigenvalue weighted by Crippen LogP contribution is 2.29. The molecule has 1 saturated carbocycles. The Balaban J connectivity index is 1.55. The molecule has 0 spiro atoms. The predicted octanol–water partition coefficient (Wildman–Crippen LogP) is 4.64. The number of aromatic nitrogens is 1. The van der Waals surface area contributed by atoms with Crippen molar-refractivity contribution in [1.82, 2.24) is 14.8 Å². The monoisotopic (exact) mass is 462 g/mol.